The predicted molar refractivity (Wildman–Crippen MR) is 159 cm³/mol. The lowest BCUT2D eigenvalue weighted by atomic mass is 10.1. The molecule has 0 saturated carbocycles. The van der Waals surface area contributed by atoms with E-state index in [1.807, 2.05) is 30.3 Å². The zero-order valence-electron chi connectivity index (χ0n) is 22.8. The minimum atomic E-state index is -0.591. The molecular formula is C31H30N2O8S. The molecule has 0 atom stereocenters. The Labute approximate surface area is 248 Å². The third-order valence-corrected chi connectivity index (χ3v) is 6.45. The molecule has 2 aliphatic rings. The Kier molecular flexibility index (Phi) is 10.1. The molecule has 3 aromatic carbocycles. The fraction of sp³-hybridized carbons (Fsp3) is 0.258. The summed E-state index contributed by atoms with van der Waals surface area (Å²) in [5, 5.41) is 2.60. The Bertz CT molecular complexity index is 1430. The quantitative estimate of drug-likeness (QED) is 0.273. The van der Waals surface area contributed by atoms with Gasteiger partial charge in [-0.2, -0.15) is 0 Å². The number of rotatable bonds is 4. The van der Waals surface area contributed by atoms with Crippen molar-refractivity contribution < 1.29 is 38.0 Å². The molecule has 5 rings (SSSR count). The standard InChI is InChI=1S/C31H30N2O8S/c34-29-26(20-22-6-11-27-28(21-22)40-19-17-38-15-13-36-12-14-37-16-18-39-27)30(35)33(31(42)32-29)23-7-9-25(10-8-23)41-24-4-2-1-3-5-24/h1-11,20-21H,12-19H2,(H,32,34,42). The first-order valence-electron chi connectivity index (χ1n) is 13.5. The van der Waals surface area contributed by atoms with Gasteiger partial charge in [-0.1, -0.05) is 24.3 Å². The van der Waals surface area contributed by atoms with E-state index in [2.05, 4.69) is 5.32 Å². The topological polar surface area (TPSA) is 105 Å². The van der Waals surface area contributed by atoms with Crippen LogP contribution >= 0.6 is 12.2 Å². The zero-order valence-corrected chi connectivity index (χ0v) is 23.6. The van der Waals surface area contributed by atoms with Crippen molar-refractivity contribution in [3.05, 3.63) is 83.9 Å². The Balaban J connectivity index is 1.34. The molecule has 2 heterocycles. The van der Waals surface area contributed by atoms with E-state index < -0.39 is 11.8 Å². The molecule has 0 spiro atoms. The molecule has 0 radical (unpaired) electrons. The molecule has 0 aliphatic carbocycles. The van der Waals surface area contributed by atoms with Crippen LogP contribution in [0.15, 0.2) is 78.4 Å². The van der Waals surface area contributed by atoms with Crippen molar-refractivity contribution in [1.29, 1.82) is 0 Å². The number of carbonyl (C=O) groups is 2. The van der Waals surface area contributed by atoms with Gasteiger partial charge in [-0.15, -0.1) is 0 Å². The van der Waals surface area contributed by atoms with Crippen LogP contribution in [0.25, 0.3) is 6.08 Å². The lowest BCUT2D eigenvalue weighted by Crippen LogP contribution is -2.54. The average molecular weight is 591 g/mol. The van der Waals surface area contributed by atoms with Gasteiger partial charge in [0.05, 0.1) is 45.3 Å². The minimum absolute atomic E-state index is 0.0109. The van der Waals surface area contributed by atoms with Gasteiger partial charge in [0, 0.05) is 0 Å². The smallest absolute Gasteiger partial charge is 0.270 e. The maximum Gasteiger partial charge on any atom is 0.270 e. The molecule has 10 nitrogen and oxygen atoms in total. The van der Waals surface area contributed by atoms with Crippen LogP contribution in [0.2, 0.25) is 0 Å². The number of hydrogen-bond acceptors (Lipinski definition) is 9. The number of nitrogens with one attached hydrogen (secondary N) is 1. The van der Waals surface area contributed by atoms with Crippen molar-refractivity contribution in [2.45, 2.75) is 0 Å². The summed E-state index contributed by atoms with van der Waals surface area (Å²) in [6, 6.07) is 21.4. The number of fused-ring (bicyclic) bond motifs is 1. The van der Waals surface area contributed by atoms with Crippen molar-refractivity contribution in [2.24, 2.45) is 0 Å². The molecule has 2 amide bonds. The van der Waals surface area contributed by atoms with Crippen LogP contribution in [0.4, 0.5) is 5.69 Å². The molecule has 1 fully saturated rings. The summed E-state index contributed by atoms with van der Waals surface area (Å²) in [4.78, 5) is 27.7. The van der Waals surface area contributed by atoms with Crippen molar-refractivity contribution in [2.75, 3.05) is 57.8 Å². The Morgan fingerprint density at radius 2 is 1.31 bits per heavy atom. The molecule has 3 aromatic rings. The lowest BCUT2D eigenvalue weighted by Gasteiger charge is -2.29. The van der Waals surface area contributed by atoms with Crippen LogP contribution in [-0.2, 0) is 23.8 Å². The van der Waals surface area contributed by atoms with Crippen LogP contribution in [0, 0.1) is 0 Å². The van der Waals surface area contributed by atoms with Gasteiger partial charge >= 0.3 is 0 Å². The first-order valence-corrected chi connectivity index (χ1v) is 13.9. The number of benzene rings is 3. The van der Waals surface area contributed by atoms with Crippen LogP contribution in [-0.4, -0.2) is 69.8 Å². The first kappa shape index (κ1) is 29.2. The predicted octanol–water partition coefficient (Wildman–Crippen LogP) is 4.13. The van der Waals surface area contributed by atoms with Crippen molar-refractivity contribution in [3.63, 3.8) is 0 Å². The summed E-state index contributed by atoms with van der Waals surface area (Å²) in [6.45, 7) is 3.18. The lowest BCUT2D eigenvalue weighted by molar-refractivity contribution is -0.122. The molecular weight excluding hydrogens is 560 g/mol. The van der Waals surface area contributed by atoms with Crippen LogP contribution in [0.1, 0.15) is 5.56 Å². The van der Waals surface area contributed by atoms with E-state index in [0.29, 0.717) is 80.5 Å². The summed E-state index contributed by atoms with van der Waals surface area (Å²) in [7, 11) is 0. The Morgan fingerprint density at radius 3 is 1.98 bits per heavy atom. The maximum atomic E-state index is 13.5. The highest BCUT2D eigenvalue weighted by Gasteiger charge is 2.34. The van der Waals surface area contributed by atoms with E-state index >= 15 is 0 Å². The molecule has 42 heavy (non-hydrogen) atoms. The number of ether oxygens (including phenoxy) is 6. The van der Waals surface area contributed by atoms with E-state index in [1.165, 1.54) is 11.0 Å². The molecule has 1 N–H and O–H groups in total. The second-order valence-electron chi connectivity index (χ2n) is 9.11. The largest absolute Gasteiger partial charge is 0.487 e. The Hall–Kier alpha value is -4.29. The Morgan fingerprint density at radius 1 is 0.714 bits per heavy atom. The molecule has 0 unspecified atom stereocenters. The SMILES string of the molecule is O=C1NC(=S)N(c2ccc(Oc3ccccc3)cc2)C(=O)C1=Cc1ccc2c(c1)OCCOCCOCCOCCO2. The number of anilines is 1. The second-order valence-corrected chi connectivity index (χ2v) is 9.49. The highest BCUT2D eigenvalue weighted by Crippen LogP contribution is 2.31. The van der Waals surface area contributed by atoms with E-state index in [4.69, 9.17) is 40.6 Å². The first-order chi connectivity index (χ1) is 20.6. The van der Waals surface area contributed by atoms with Gasteiger partial charge in [0.25, 0.3) is 11.8 Å². The molecule has 2 aliphatic heterocycles. The van der Waals surface area contributed by atoms with E-state index in [9.17, 15) is 9.59 Å². The molecule has 1 saturated heterocycles. The van der Waals surface area contributed by atoms with Gasteiger partial charge in [-0.05, 0) is 72.4 Å². The number of nitrogens with zero attached hydrogens (tertiary/aromatic N) is 1. The fourth-order valence-electron chi connectivity index (χ4n) is 4.16. The van der Waals surface area contributed by atoms with Gasteiger partial charge < -0.3 is 28.4 Å². The summed E-state index contributed by atoms with van der Waals surface area (Å²) in [5.74, 6) is 1.09. The van der Waals surface area contributed by atoms with Gasteiger partial charge in [0.1, 0.15) is 30.3 Å². The van der Waals surface area contributed by atoms with Gasteiger partial charge in [0.15, 0.2) is 16.6 Å². The number of hydrogen-bond donors (Lipinski definition) is 1. The van der Waals surface area contributed by atoms with E-state index in [0.717, 1.165) is 0 Å². The normalized spacial score (nSPS) is 18.1. The van der Waals surface area contributed by atoms with Crippen molar-refractivity contribution in [1.82, 2.24) is 5.32 Å². The summed E-state index contributed by atoms with van der Waals surface area (Å²) >= 11 is 5.35. The number of amides is 2. The highest BCUT2D eigenvalue weighted by atomic mass is 32.1. The van der Waals surface area contributed by atoms with Crippen LogP contribution in [0.5, 0.6) is 23.0 Å². The summed E-state index contributed by atoms with van der Waals surface area (Å²) in [5.41, 5.74) is 0.974. The van der Waals surface area contributed by atoms with Crippen LogP contribution < -0.4 is 24.4 Å². The third kappa shape index (κ3) is 7.71. The molecule has 0 bridgehead atoms. The van der Waals surface area contributed by atoms with Gasteiger partial charge in [-0.25, -0.2) is 0 Å². The van der Waals surface area contributed by atoms with Crippen molar-refractivity contribution >= 4 is 40.9 Å². The fourth-order valence-corrected chi connectivity index (χ4v) is 4.44. The zero-order chi connectivity index (χ0) is 29.1. The van der Waals surface area contributed by atoms with E-state index in [-0.39, 0.29) is 17.3 Å². The van der Waals surface area contributed by atoms with Crippen molar-refractivity contribution in [3.8, 4) is 23.0 Å². The number of carbonyl (C=O) groups excluding carboxylic acids is 2. The number of thiocarbonyl (C=S) groups is 1. The maximum absolute atomic E-state index is 13.5. The average Bonchev–Trinajstić information content (AvgIpc) is 3.00. The molecule has 218 valence electrons. The van der Waals surface area contributed by atoms with Gasteiger partial charge in [-0.3, -0.25) is 19.8 Å². The summed E-state index contributed by atoms with van der Waals surface area (Å²) in [6.07, 6.45) is 1.50. The molecule has 11 heteroatoms. The highest BCUT2D eigenvalue weighted by molar-refractivity contribution is 7.80. The molecule has 0 aromatic heterocycles. The minimum Gasteiger partial charge on any atom is -0.487 e. The van der Waals surface area contributed by atoms with Crippen LogP contribution in [0.3, 0.4) is 0 Å². The summed E-state index contributed by atoms with van der Waals surface area (Å²) < 4.78 is 34.1. The third-order valence-electron chi connectivity index (χ3n) is 6.17. The second kappa shape index (κ2) is 14.6. The number of para-hydroxylation sites is 1. The monoisotopic (exact) mass is 590 g/mol. The van der Waals surface area contributed by atoms with E-state index in [1.54, 1.807) is 42.5 Å². The van der Waals surface area contributed by atoms with Gasteiger partial charge in [0.2, 0.25) is 0 Å².